The monoisotopic (exact) mass is 813 g/mol. The third-order valence-corrected chi connectivity index (χ3v) is 10.4. The molecule has 4 aromatic carbocycles. The molecule has 0 aromatic heterocycles. The highest BCUT2D eigenvalue weighted by Gasteiger charge is 2.30. The van der Waals surface area contributed by atoms with E-state index in [-0.39, 0.29) is 12.0 Å². The van der Waals surface area contributed by atoms with Crippen molar-refractivity contribution in [1.82, 2.24) is 5.32 Å². The normalized spacial score (nSPS) is 15.4. The van der Waals surface area contributed by atoms with Crippen molar-refractivity contribution in [3.8, 4) is 51.7 Å². The van der Waals surface area contributed by atoms with Gasteiger partial charge in [0.1, 0.15) is 11.9 Å². The molecule has 2 N–H and O–H groups in total. The van der Waals surface area contributed by atoms with Crippen LogP contribution in [0.5, 0.6) is 51.7 Å². The van der Waals surface area contributed by atoms with E-state index in [9.17, 15) is 4.79 Å². The molecule has 2 atom stereocenters. The highest BCUT2D eigenvalue weighted by molar-refractivity contribution is 6.04. The molecule has 0 saturated carbocycles. The molecule has 2 heterocycles. The maximum Gasteiger partial charge on any atom is 0.255 e. The second kappa shape index (κ2) is 20.5. The van der Waals surface area contributed by atoms with Crippen molar-refractivity contribution in [2.75, 3.05) is 68.3 Å². The third kappa shape index (κ3) is 9.93. The Kier molecular flexibility index (Phi) is 14.7. The lowest BCUT2D eigenvalue weighted by Crippen LogP contribution is -2.38. The molecule has 0 spiro atoms. The molecule has 0 saturated heterocycles. The van der Waals surface area contributed by atoms with Crippen LogP contribution in [0.2, 0.25) is 0 Å². The Hall–Kier alpha value is -6.18. The van der Waals surface area contributed by atoms with Crippen LogP contribution in [0.15, 0.2) is 65.8 Å². The second-order valence-electron chi connectivity index (χ2n) is 14.0. The molecule has 2 aliphatic heterocycles. The maximum atomic E-state index is 12.8. The fraction of sp³-hybridized carbons (Fsp3) is 0.422. The van der Waals surface area contributed by atoms with E-state index in [1.807, 2.05) is 54.6 Å². The molecule has 0 radical (unpaired) electrons. The number of benzene rings is 4. The number of methoxy groups -OCH3 is 7. The average molecular weight is 814 g/mol. The molecular weight excluding hydrogens is 759 g/mol. The first-order valence-corrected chi connectivity index (χ1v) is 19.8. The van der Waals surface area contributed by atoms with Crippen molar-refractivity contribution in [1.29, 1.82) is 0 Å². The summed E-state index contributed by atoms with van der Waals surface area (Å²) < 4.78 is 51.4. The van der Waals surface area contributed by atoms with E-state index in [1.165, 1.54) is 0 Å². The van der Waals surface area contributed by atoms with E-state index < -0.39 is 6.17 Å². The summed E-state index contributed by atoms with van der Waals surface area (Å²) in [5, 5.41) is 10.8. The molecule has 0 bridgehead atoms. The van der Waals surface area contributed by atoms with E-state index in [0.29, 0.717) is 76.9 Å². The number of oxime groups is 1. The molecule has 0 fully saturated rings. The number of ether oxygens (including phenoxy) is 9. The molecule has 316 valence electrons. The molecule has 14 nitrogen and oxygen atoms in total. The minimum absolute atomic E-state index is 0.172. The van der Waals surface area contributed by atoms with E-state index in [2.05, 4.69) is 15.8 Å². The molecule has 59 heavy (non-hydrogen) atoms. The summed E-state index contributed by atoms with van der Waals surface area (Å²) in [6.07, 6.45) is 7.02. The number of unbranched alkanes of at least 4 members (excludes halogenated alkanes) is 6. The molecule has 14 heteroatoms. The lowest BCUT2D eigenvalue weighted by Gasteiger charge is -2.28. The number of hydrogen-bond donors (Lipinski definition) is 2. The molecular formula is C45H55N3O11. The Balaban J connectivity index is 0.913. The van der Waals surface area contributed by atoms with Gasteiger partial charge in [-0.15, -0.1) is 0 Å². The van der Waals surface area contributed by atoms with Gasteiger partial charge < -0.3 is 58.1 Å². The van der Waals surface area contributed by atoms with Crippen LogP contribution >= 0.6 is 0 Å². The minimum Gasteiger partial charge on any atom is -0.497 e. The summed E-state index contributed by atoms with van der Waals surface area (Å²) in [7, 11) is 11.2. The van der Waals surface area contributed by atoms with Gasteiger partial charge in [0.15, 0.2) is 40.6 Å². The van der Waals surface area contributed by atoms with E-state index in [1.54, 1.807) is 55.8 Å². The maximum absolute atomic E-state index is 12.8. The van der Waals surface area contributed by atoms with Crippen LogP contribution in [0, 0.1) is 0 Å². The Labute approximate surface area is 346 Å². The Bertz CT molecular complexity index is 2060. The summed E-state index contributed by atoms with van der Waals surface area (Å²) in [4.78, 5) is 18.7. The van der Waals surface area contributed by atoms with Crippen LogP contribution in [-0.4, -0.2) is 74.6 Å². The summed E-state index contributed by atoms with van der Waals surface area (Å²) in [6, 6.07) is 18.6. The topological polar surface area (TPSA) is 146 Å². The van der Waals surface area contributed by atoms with Gasteiger partial charge in [0, 0.05) is 23.2 Å². The van der Waals surface area contributed by atoms with Crippen LogP contribution in [0.1, 0.15) is 90.7 Å². The number of hydrogen-bond acceptors (Lipinski definition) is 13. The predicted molar refractivity (Wildman–Crippen MR) is 224 cm³/mol. The number of amides is 1. The van der Waals surface area contributed by atoms with Crippen LogP contribution in [-0.2, 0) is 4.84 Å². The van der Waals surface area contributed by atoms with Crippen LogP contribution in [0.3, 0.4) is 0 Å². The van der Waals surface area contributed by atoms with Crippen molar-refractivity contribution in [2.24, 2.45) is 5.16 Å². The van der Waals surface area contributed by atoms with Gasteiger partial charge in [0.05, 0.1) is 74.3 Å². The van der Waals surface area contributed by atoms with Crippen LogP contribution in [0.25, 0.3) is 0 Å². The summed E-state index contributed by atoms with van der Waals surface area (Å²) in [5.41, 5.74) is 4.49. The SMILES string of the molecule is COc1ccc2c(c1)C(=O)NC(c1ccc(OCCCCCCCCCOc3c(OC)ccc(C4=NOC(c5cc(OC)c(OC)c(OC)c5)C4)c3OC)c(OC)c1)N2. The first kappa shape index (κ1) is 42.4. The van der Waals surface area contributed by atoms with Crippen molar-refractivity contribution >= 4 is 17.3 Å². The highest BCUT2D eigenvalue weighted by Crippen LogP contribution is 2.45. The van der Waals surface area contributed by atoms with Crippen molar-refractivity contribution in [3.63, 3.8) is 0 Å². The predicted octanol–water partition coefficient (Wildman–Crippen LogP) is 8.66. The molecule has 2 aliphatic rings. The average Bonchev–Trinajstić information content (AvgIpc) is 3.77. The largest absolute Gasteiger partial charge is 0.497 e. The summed E-state index contributed by atoms with van der Waals surface area (Å²) in [5.74, 6) is 5.03. The quantitative estimate of drug-likeness (QED) is 0.0733. The third-order valence-electron chi connectivity index (χ3n) is 10.4. The fourth-order valence-electron chi connectivity index (χ4n) is 7.23. The number of carbonyl (C=O) groups is 1. The van der Waals surface area contributed by atoms with Gasteiger partial charge in [-0.2, -0.15) is 0 Å². The van der Waals surface area contributed by atoms with Gasteiger partial charge in [-0.05, 0) is 73.0 Å². The Morgan fingerprint density at radius 1 is 0.559 bits per heavy atom. The van der Waals surface area contributed by atoms with Crippen molar-refractivity contribution < 1.29 is 52.3 Å². The number of nitrogens with one attached hydrogen (secondary N) is 2. The van der Waals surface area contributed by atoms with E-state index in [0.717, 1.165) is 73.0 Å². The minimum atomic E-state index is -0.403. The van der Waals surface area contributed by atoms with Gasteiger partial charge in [-0.1, -0.05) is 43.3 Å². The number of nitrogens with zero attached hydrogens (tertiary/aromatic N) is 1. The highest BCUT2D eigenvalue weighted by atomic mass is 16.6. The van der Waals surface area contributed by atoms with E-state index in [4.69, 9.17) is 47.5 Å². The fourth-order valence-corrected chi connectivity index (χ4v) is 7.23. The summed E-state index contributed by atoms with van der Waals surface area (Å²) in [6.45, 7) is 1.11. The zero-order chi connectivity index (χ0) is 41.7. The molecule has 4 aromatic rings. The first-order valence-electron chi connectivity index (χ1n) is 19.8. The second-order valence-corrected chi connectivity index (χ2v) is 14.0. The number of anilines is 1. The number of fused-ring (bicyclic) bond motifs is 1. The van der Waals surface area contributed by atoms with E-state index >= 15 is 0 Å². The molecule has 2 unspecified atom stereocenters. The number of rotatable bonds is 22. The number of carbonyl (C=O) groups excluding carboxylic acids is 1. The van der Waals surface area contributed by atoms with Crippen molar-refractivity contribution in [2.45, 2.75) is 63.6 Å². The van der Waals surface area contributed by atoms with Crippen LogP contribution < -0.4 is 53.3 Å². The molecule has 0 aliphatic carbocycles. The zero-order valence-electron chi connectivity index (χ0n) is 34.9. The van der Waals surface area contributed by atoms with Gasteiger partial charge in [0.25, 0.3) is 5.91 Å². The standard InChI is InChI=1S/C45H55N3O11/c1-50-30-16-18-33-32(26-30)45(49)47-44(46-33)28-15-19-35(38(23-28)52-3)57-21-13-11-9-8-10-12-14-22-58-43-36(51-2)20-17-31(41(43)55-6)34-27-37(59-48-34)29-24-39(53-4)42(56-7)40(25-29)54-5/h15-20,23-26,37,44,46H,8-14,21-22,27H2,1-7H3,(H,47,49). The van der Waals surface area contributed by atoms with Crippen LogP contribution in [0.4, 0.5) is 5.69 Å². The van der Waals surface area contributed by atoms with Gasteiger partial charge in [-0.3, -0.25) is 4.79 Å². The smallest absolute Gasteiger partial charge is 0.255 e. The van der Waals surface area contributed by atoms with Gasteiger partial charge in [-0.25, -0.2) is 0 Å². The Morgan fingerprint density at radius 2 is 1.19 bits per heavy atom. The lowest BCUT2D eigenvalue weighted by atomic mass is 9.98. The molecule has 6 rings (SSSR count). The zero-order valence-corrected chi connectivity index (χ0v) is 34.9. The van der Waals surface area contributed by atoms with Gasteiger partial charge >= 0.3 is 0 Å². The first-order chi connectivity index (χ1) is 28.8. The lowest BCUT2D eigenvalue weighted by molar-refractivity contribution is 0.0853. The Morgan fingerprint density at radius 3 is 1.83 bits per heavy atom. The van der Waals surface area contributed by atoms with Crippen molar-refractivity contribution in [3.05, 3.63) is 82.9 Å². The van der Waals surface area contributed by atoms with Gasteiger partial charge in [0.2, 0.25) is 11.5 Å². The summed E-state index contributed by atoms with van der Waals surface area (Å²) >= 11 is 0. The molecule has 1 amide bonds.